The van der Waals surface area contributed by atoms with Gasteiger partial charge in [0, 0.05) is 24.8 Å². The molecule has 3 aromatic rings. The minimum atomic E-state index is -0.995. The van der Waals surface area contributed by atoms with E-state index >= 15 is 0 Å². The first-order chi connectivity index (χ1) is 19.0. The second kappa shape index (κ2) is 12.0. The number of hydrogen-bond donors (Lipinski definition) is 2. The van der Waals surface area contributed by atoms with E-state index in [4.69, 9.17) is 9.47 Å². The Bertz CT molecular complexity index is 1280. The number of aryl methyl sites for hydroxylation is 2. The SMILES string of the molecule is COc1ccc(C(NC(=O)[C@@H]2CCCN2C(=O)OCc2ccccc2)C(=O)Nc2cc3n(n2)CCCC3)cc1. The van der Waals surface area contributed by atoms with Crippen LogP contribution in [0.1, 0.15) is 48.5 Å². The van der Waals surface area contributed by atoms with Crippen molar-refractivity contribution in [2.45, 2.75) is 57.3 Å². The molecular formula is C29H33N5O5. The summed E-state index contributed by atoms with van der Waals surface area (Å²) in [6.45, 7) is 1.35. The van der Waals surface area contributed by atoms with Crippen LogP contribution in [0, 0.1) is 0 Å². The lowest BCUT2D eigenvalue weighted by Gasteiger charge is -2.26. The van der Waals surface area contributed by atoms with Crippen molar-refractivity contribution in [2.24, 2.45) is 0 Å². The van der Waals surface area contributed by atoms with E-state index < -0.39 is 30.0 Å². The van der Waals surface area contributed by atoms with Crippen LogP contribution < -0.4 is 15.4 Å². The van der Waals surface area contributed by atoms with Crippen LogP contribution in [-0.4, -0.2) is 52.3 Å². The molecule has 1 saturated heterocycles. The summed E-state index contributed by atoms with van der Waals surface area (Å²) >= 11 is 0. The number of rotatable bonds is 8. The Balaban J connectivity index is 1.29. The molecule has 1 unspecified atom stereocenters. The van der Waals surface area contributed by atoms with Gasteiger partial charge >= 0.3 is 6.09 Å². The van der Waals surface area contributed by atoms with Crippen LogP contribution in [0.5, 0.6) is 5.75 Å². The number of ether oxygens (including phenoxy) is 2. The molecule has 0 radical (unpaired) electrons. The Morgan fingerprint density at radius 3 is 2.56 bits per heavy atom. The number of nitrogens with one attached hydrogen (secondary N) is 2. The Hall–Kier alpha value is -4.34. The van der Waals surface area contributed by atoms with E-state index in [2.05, 4.69) is 15.7 Å². The summed E-state index contributed by atoms with van der Waals surface area (Å²) in [6.07, 6.45) is 3.66. The van der Waals surface area contributed by atoms with Crippen molar-refractivity contribution in [3.05, 3.63) is 77.5 Å². The Labute approximate surface area is 227 Å². The van der Waals surface area contributed by atoms with Gasteiger partial charge < -0.3 is 20.1 Å². The van der Waals surface area contributed by atoms with Gasteiger partial charge in [-0.15, -0.1) is 0 Å². The fourth-order valence-corrected chi connectivity index (χ4v) is 5.07. The van der Waals surface area contributed by atoms with Gasteiger partial charge in [-0.25, -0.2) is 4.79 Å². The van der Waals surface area contributed by atoms with Crippen LogP contribution in [0.2, 0.25) is 0 Å². The lowest BCUT2D eigenvalue weighted by molar-refractivity contribution is -0.129. The molecule has 10 heteroatoms. The molecular weight excluding hydrogens is 498 g/mol. The maximum absolute atomic E-state index is 13.5. The molecule has 0 saturated carbocycles. The van der Waals surface area contributed by atoms with Crippen molar-refractivity contribution in [1.29, 1.82) is 0 Å². The van der Waals surface area contributed by atoms with Gasteiger partial charge in [-0.05, 0) is 55.4 Å². The predicted octanol–water partition coefficient (Wildman–Crippen LogP) is 3.83. The highest BCUT2D eigenvalue weighted by atomic mass is 16.6. The first kappa shape index (κ1) is 26.3. The molecule has 5 rings (SSSR count). The van der Waals surface area contributed by atoms with E-state index in [0.29, 0.717) is 36.5 Å². The number of likely N-dealkylation sites (tertiary alicyclic amines) is 1. The van der Waals surface area contributed by atoms with Crippen molar-refractivity contribution >= 4 is 23.7 Å². The van der Waals surface area contributed by atoms with Crippen molar-refractivity contribution in [1.82, 2.24) is 20.0 Å². The highest BCUT2D eigenvalue weighted by molar-refractivity contribution is 5.98. The fraction of sp³-hybridized carbons (Fsp3) is 0.379. The maximum atomic E-state index is 13.5. The molecule has 0 aliphatic carbocycles. The van der Waals surface area contributed by atoms with Gasteiger partial charge in [0.2, 0.25) is 5.91 Å². The normalized spacial score (nSPS) is 17.2. The number of hydrogen-bond acceptors (Lipinski definition) is 6. The van der Waals surface area contributed by atoms with Gasteiger partial charge in [-0.2, -0.15) is 5.10 Å². The molecule has 204 valence electrons. The molecule has 0 spiro atoms. The van der Waals surface area contributed by atoms with Gasteiger partial charge in [0.15, 0.2) is 5.82 Å². The molecule has 39 heavy (non-hydrogen) atoms. The zero-order chi connectivity index (χ0) is 27.2. The van der Waals surface area contributed by atoms with Crippen LogP contribution >= 0.6 is 0 Å². The third-order valence-corrected chi connectivity index (χ3v) is 7.16. The molecule has 1 aromatic heterocycles. The summed E-state index contributed by atoms with van der Waals surface area (Å²) in [5, 5.41) is 10.3. The number of nitrogens with zero attached hydrogens (tertiary/aromatic N) is 3. The summed E-state index contributed by atoms with van der Waals surface area (Å²) in [6, 6.07) is 16.5. The summed E-state index contributed by atoms with van der Waals surface area (Å²) in [5.41, 5.74) is 2.53. The number of fused-ring (bicyclic) bond motifs is 1. The lowest BCUT2D eigenvalue weighted by atomic mass is 10.0. The van der Waals surface area contributed by atoms with Gasteiger partial charge in [-0.1, -0.05) is 42.5 Å². The molecule has 2 atom stereocenters. The molecule has 2 aromatic carbocycles. The zero-order valence-corrected chi connectivity index (χ0v) is 22.0. The third-order valence-electron chi connectivity index (χ3n) is 7.16. The second-order valence-electron chi connectivity index (χ2n) is 9.80. The van der Waals surface area contributed by atoms with Crippen molar-refractivity contribution in [3.63, 3.8) is 0 Å². The van der Waals surface area contributed by atoms with E-state index in [-0.39, 0.29) is 6.61 Å². The summed E-state index contributed by atoms with van der Waals surface area (Å²) < 4.78 is 12.6. The van der Waals surface area contributed by atoms with Crippen LogP contribution in [0.3, 0.4) is 0 Å². The molecule has 0 bridgehead atoms. The molecule has 2 aliphatic rings. The fourth-order valence-electron chi connectivity index (χ4n) is 5.07. The minimum Gasteiger partial charge on any atom is -0.497 e. The molecule has 2 N–H and O–H groups in total. The summed E-state index contributed by atoms with van der Waals surface area (Å²) in [7, 11) is 1.56. The van der Waals surface area contributed by atoms with Crippen LogP contribution in [0.4, 0.5) is 10.6 Å². The van der Waals surface area contributed by atoms with Crippen LogP contribution in [0.25, 0.3) is 0 Å². The number of carbonyl (C=O) groups is 3. The molecule has 2 aliphatic heterocycles. The van der Waals surface area contributed by atoms with E-state index in [1.807, 2.05) is 41.1 Å². The summed E-state index contributed by atoms with van der Waals surface area (Å²) in [4.78, 5) is 41.3. The van der Waals surface area contributed by atoms with Crippen LogP contribution in [0.15, 0.2) is 60.7 Å². The highest BCUT2D eigenvalue weighted by Crippen LogP contribution is 2.24. The maximum Gasteiger partial charge on any atom is 0.410 e. The molecule has 10 nitrogen and oxygen atoms in total. The molecule has 3 heterocycles. The zero-order valence-electron chi connectivity index (χ0n) is 22.0. The largest absolute Gasteiger partial charge is 0.497 e. The van der Waals surface area contributed by atoms with Gasteiger partial charge in [0.25, 0.3) is 5.91 Å². The van der Waals surface area contributed by atoms with E-state index in [1.165, 1.54) is 4.90 Å². The van der Waals surface area contributed by atoms with E-state index in [9.17, 15) is 14.4 Å². The third kappa shape index (κ3) is 6.22. The van der Waals surface area contributed by atoms with E-state index in [1.54, 1.807) is 31.4 Å². The molecule has 1 fully saturated rings. The Morgan fingerprint density at radius 2 is 1.82 bits per heavy atom. The number of carbonyl (C=O) groups excluding carboxylic acids is 3. The lowest BCUT2D eigenvalue weighted by Crippen LogP contribution is -2.48. The van der Waals surface area contributed by atoms with Crippen molar-refractivity contribution in [2.75, 3.05) is 19.0 Å². The first-order valence-electron chi connectivity index (χ1n) is 13.3. The highest BCUT2D eigenvalue weighted by Gasteiger charge is 2.37. The van der Waals surface area contributed by atoms with Gasteiger partial charge in [0.05, 0.1) is 7.11 Å². The van der Waals surface area contributed by atoms with Crippen molar-refractivity contribution in [3.8, 4) is 5.75 Å². The van der Waals surface area contributed by atoms with Gasteiger partial charge in [0.1, 0.15) is 24.4 Å². The number of anilines is 1. The number of aromatic nitrogens is 2. The predicted molar refractivity (Wildman–Crippen MR) is 144 cm³/mol. The Kier molecular flexibility index (Phi) is 8.10. The smallest absolute Gasteiger partial charge is 0.410 e. The van der Waals surface area contributed by atoms with E-state index in [0.717, 1.165) is 37.1 Å². The molecule has 3 amide bonds. The van der Waals surface area contributed by atoms with Crippen LogP contribution in [-0.2, 0) is 33.9 Å². The number of amides is 3. The second-order valence-corrected chi connectivity index (χ2v) is 9.80. The number of benzene rings is 2. The topological polar surface area (TPSA) is 115 Å². The monoisotopic (exact) mass is 531 g/mol. The Morgan fingerprint density at radius 1 is 1.03 bits per heavy atom. The standard InChI is InChI=1S/C29H33N5O5/c1-38-23-14-12-21(13-15-23)26(28(36)30-25-18-22-10-5-6-17-34(22)32-25)31-27(35)24-11-7-16-33(24)29(37)39-19-20-8-3-2-4-9-20/h2-4,8-9,12-15,18,24,26H,5-7,10-11,16-17,19H2,1H3,(H,31,35)(H,30,32,36)/t24-,26?/m0/s1. The average Bonchev–Trinajstić information content (AvgIpc) is 3.62. The average molecular weight is 532 g/mol. The summed E-state index contributed by atoms with van der Waals surface area (Å²) in [5.74, 6) is 0.259. The minimum absolute atomic E-state index is 0.121. The van der Waals surface area contributed by atoms with Gasteiger partial charge in [-0.3, -0.25) is 19.2 Å². The number of methoxy groups -OCH3 is 1. The first-order valence-corrected chi connectivity index (χ1v) is 13.3. The quantitative estimate of drug-likeness (QED) is 0.457. The van der Waals surface area contributed by atoms with Crippen molar-refractivity contribution < 1.29 is 23.9 Å².